The normalized spacial score (nSPS) is 34.2. The molecule has 2 aliphatic carbocycles. The summed E-state index contributed by atoms with van der Waals surface area (Å²) in [7, 11) is 0. The minimum absolute atomic E-state index is 0.215. The molecule has 0 aromatic heterocycles. The Morgan fingerprint density at radius 1 is 1.25 bits per heavy atom. The molecule has 4 aliphatic rings. The smallest absolute Gasteiger partial charge is 0.160 e. The van der Waals surface area contributed by atoms with Crippen LogP contribution in [0.5, 0.6) is 0 Å². The molecule has 1 saturated heterocycles. The fraction of sp³-hybridized carbons (Fsp3) is 0.312. The second-order valence-corrected chi connectivity index (χ2v) is 6.22. The molecular formula is C16H15BrN2O. The van der Waals surface area contributed by atoms with Crippen LogP contribution in [-0.4, -0.2) is 15.8 Å². The first-order valence-corrected chi connectivity index (χ1v) is 7.67. The van der Waals surface area contributed by atoms with Crippen molar-refractivity contribution < 1.29 is 4.79 Å². The molecule has 0 bridgehead atoms. The molecule has 0 saturated carbocycles. The third-order valence-corrected chi connectivity index (χ3v) is 5.29. The Morgan fingerprint density at radius 2 is 2.10 bits per heavy atom. The molecular weight excluding hydrogens is 316 g/mol. The van der Waals surface area contributed by atoms with E-state index in [0.29, 0.717) is 6.42 Å². The van der Waals surface area contributed by atoms with E-state index in [1.807, 2.05) is 18.4 Å². The number of allylic oxidation sites excluding steroid dienone is 6. The number of nitrogens with zero attached hydrogens (tertiary/aromatic N) is 1. The molecule has 2 aliphatic heterocycles. The summed E-state index contributed by atoms with van der Waals surface area (Å²) in [5.74, 6) is 0.249. The third kappa shape index (κ3) is 1.37. The van der Waals surface area contributed by atoms with E-state index in [9.17, 15) is 4.79 Å². The van der Waals surface area contributed by atoms with E-state index in [1.165, 1.54) is 11.3 Å². The van der Waals surface area contributed by atoms with E-state index in [4.69, 9.17) is 0 Å². The van der Waals surface area contributed by atoms with Crippen LogP contribution in [-0.2, 0) is 4.79 Å². The number of fused-ring (bicyclic) bond motifs is 1. The van der Waals surface area contributed by atoms with Crippen molar-refractivity contribution in [2.45, 2.75) is 25.3 Å². The Hall–Kier alpha value is -1.55. The van der Waals surface area contributed by atoms with Gasteiger partial charge in [-0.3, -0.25) is 8.72 Å². The van der Waals surface area contributed by atoms with Crippen molar-refractivity contribution in [2.75, 3.05) is 0 Å². The quantitative estimate of drug-likeness (QED) is 0.693. The number of halogens is 1. The van der Waals surface area contributed by atoms with E-state index in [2.05, 4.69) is 49.7 Å². The number of ketones is 1. The van der Waals surface area contributed by atoms with Crippen molar-refractivity contribution in [1.82, 2.24) is 9.24 Å². The summed E-state index contributed by atoms with van der Waals surface area (Å²) in [6.07, 6.45) is 17.2. The van der Waals surface area contributed by atoms with Gasteiger partial charge in [-0.2, -0.15) is 0 Å². The van der Waals surface area contributed by atoms with Crippen molar-refractivity contribution in [3.63, 3.8) is 0 Å². The van der Waals surface area contributed by atoms with Crippen molar-refractivity contribution >= 4 is 21.9 Å². The van der Waals surface area contributed by atoms with Gasteiger partial charge in [-0.25, -0.2) is 0 Å². The van der Waals surface area contributed by atoms with E-state index < -0.39 is 0 Å². The number of carbonyl (C=O) groups excluding carboxylic acids is 1. The first-order chi connectivity index (χ1) is 9.75. The van der Waals surface area contributed by atoms with Crippen LogP contribution in [0, 0.1) is 5.41 Å². The Labute approximate surface area is 126 Å². The van der Waals surface area contributed by atoms with Crippen LogP contribution in [0.3, 0.4) is 0 Å². The van der Waals surface area contributed by atoms with Crippen LogP contribution < -0.4 is 5.32 Å². The fourth-order valence-electron chi connectivity index (χ4n) is 3.69. The minimum atomic E-state index is -0.366. The van der Waals surface area contributed by atoms with Crippen LogP contribution in [0.2, 0.25) is 0 Å². The molecule has 0 aromatic carbocycles. The largest absolute Gasteiger partial charge is 0.380 e. The van der Waals surface area contributed by atoms with Crippen molar-refractivity contribution in [3.8, 4) is 0 Å². The molecule has 3 nitrogen and oxygen atoms in total. The Morgan fingerprint density at radius 3 is 3.00 bits per heavy atom. The predicted octanol–water partition coefficient (Wildman–Crippen LogP) is 3.10. The molecule has 20 heavy (non-hydrogen) atoms. The molecule has 1 spiro atoms. The van der Waals surface area contributed by atoms with E-state index in [-0.39, 0.29) is 17.2 Å². The van der Waals surface area contributed by atoms with Crippen molar-refractivity contribution in [2.24, 2.45) is 5.41 Å². The first-order valence-electron chi connectivity index (χ1n) is 6.96. The van der Waals surface area contributed by atoms with Crippen LogP contribution in [0.1, 0.15) is 19.3 Å². The molecule has 2 heterocycles. The van der Waals surface area contributed by atoms with Gasteiger partial charge in [0.1, 0.15) is 6.04 Å². The summed E-state index contributed by atoms with van der Waals surface area (Å²) in [6, 6.07) is -0.215. The van der Waals surface area contributed by atoms with Gasteiger partial charge in [0.15, 0.2) is 5.78 Å². The zero-order chi connectivity index (χ0) is 13.7. The van der Waals surface area contributed by atoms with E-state index in [1.54, 1.807) is 0 Å². The highest BCUT2D eigenvalue weighted by atomic mass is 79.9. The van der Waals surface area contributed by atoms with Crippen molar-refractivity contribution in [3.05, 3.63) is 59.6 Å². The van der Waals surface area contributed by atoms with Gasteiger partial charge in [0.05, 0.1) is 27.3 Å². The average Bonchev–Trinajstić information content (AvgIpc) is 2.63. The molecule has 1 fully saturated rings. The number of Topliss-reactive ketones (excluding diaryl/α,β-unsaturated/α-hetero) is 1. The summed E-state index contributed by atoms with van der Waals surface area (Å²) in [6.45, 7) is 0. The second kappa shape index (κ2) is 4.22. The first kappa shape index (κ1) is 12.2. The van der Waals surface area contributed by atoms with E-state index in [0.717, 1.165) is 18.5 Å². The average molecular weight is 331 g/mol. The van der Waals surface area contributed by atoms with Gasteiger partial charge in [-0.05, 0) is 30.7 Å². The lowest BCUT2D eigenvalue weighted by Gasteiger charge is -2.38. The second-order valence-electron chi connectivity index (χ2n) is 5.51. The number of rotatable bonds is 0. The van der Waals surface area contributed by atoms with Crippen LogP contribution in [0.15, 0.2) is 59.6 Å². The molecule has 1 N–H and O–H groups in total. The van der Waals surface area contributed by atoms with Crippen molar-refractivity contribution in [1.29, 1.82) is 0 Å². The number of hydrogen-bond acceptors (Lipinski definition) is 3. The van der Waals surface area contributed by atoms with Gasteiger partial charge in [0, 0.05) is 12.1 Å². The fourth-order valence-corrected chi connectivity index (χ4v) is 4.47. The van der Waals surface area contributed by atoms with Crippen LogP contribution >= 0.6 is 16.1 Å². The van der Waals surface area contributed by atoms with E-state index >= 15 is 0 Å². The number of carbonyl (C=O) groups is 1. The number of nitrogens with one attached hydrogen (secondary N) is 1. The lowest BCUT2D eigenvalue weighted by atomic mass is 9.67. The lowest BCUT2D eigenvalue weighted by Crippen LogP contribution is -2.50. The van der Waals surface area contributed by atoms with Gasteiger partial charge in [0.25, 0.3) is 0 Å². The zero-order valence-corrected chi connectivity index (χ0v) is 12.6. The highest BCUT2D eigenvalue weighted by Gasteiger charge is 2.56. The molecule has 2 atom stereocenters. The Kier molecular flexibility index (Phi) is 2.58. The Balaban J connectivity index is 2.00. The standard InChI is InChI=1S/C16H15BrN2O/c17-19-12-6-2-1-5-11(12)16-9-3-4-10-18-15(16)13(20)7-8-14(16)19/h3-6,8-10,15,18H,1-2,7H2. The lowest BCUT2D eigenvalue weighted by molar-refractivity contribution is -0.121. The van der Waals surface area contributed by atoms with Crippen LogP contribution in [0.4, 0.5) is 0 Å². The number of hydrogen-bond donors (Lipinski definition) is 1. The molecule has 4 heteroatoms. The minimum Gasteiger partial charge on any atom is -0.380 e. The summed E-state index contributed by atoms with van der Waals surface area (Å²) in [4.78, 5) is 12.4. The summed E-state index contributed by atoms with van der Waals surface area (Å²) in [5, 5.41) is 3.30. The molecule has 0 amide bonds. The van der Waals surface area contributed by atoms with Crippen LogP contribution in [0.25, 0.3) is 0 Å². The highest BCUT2D eigenvalue weighted by molar-refractivity contribution is 9.07. The summed E-state index contributed by atoms with van der Waals surface area (Å²) >= 11 is 3.69. The summed E-state index contributed by atoms with van der Waals surface area (Å²) in [5.41, 5.74) is 3.23. The molecule has 2 unspecified atom stereocenters. The maximum atomic E-state index is 12.4. The molecule has 0 aromatic rings. The van der Waals surface area contributed by atoms with Gasteiger partial charge in [-0.15, -0.1) is 0 Å². The topological polar surface area (TPSA) is 32.3 Å². The maximum absolute atomic E-state index is 12.4. The molecule has 102 valence electrons. The van der Waals surface area contributed by atoms with Gasteiger partial charge < -0.3 is 5.32 Å². The van der Waals surface area contributed by atoms with Gasteiger partial charge >= 0.3 is 0 Å². The highest BCUT2D eigenvalue weighted by Crippen LogP contribution is 2.58. The van der Waals surface area contributed by atoms with Gasteiger partial charge in [-0.1, -0.05) is 30.4 Å². The summed E-state index contributed by atoms with van der Waals surface area (Å²) < 4.78 is 2.08. The zero-order valence-electron chi connectivity index (χ0n) is 11.0. The monoisotopic (exact) mass is 330 g/mol. The predicted molar refractivity (Wildman–Crippen MR) is 81.5 cm³/mol. The third-order valence-electron chi connectivity index (χ3n) is 4.52. The SMILES string of the molecule is O=C1CC=C2N(Br)C3=CCCC=C3C23C=CC=CNC13. The van der Waals surface area contributed by atoms with Gasteiger partial charge in [0.2, 0.25) is 0 Å². The Bertz CT molecular complexity index is 641. The maximum Gasteiger partial charge on any atom is 0.160 e. The molecule has 0 radical (unpaired) electrons. The molecule has 4 rings (SSSR count).